The third-order valence-electron chi connectivity index (χ3n) is 5.11. The highest BCUT2D eigenvalue weighted by Crippen LogP contribution is 2.34. The summed E-state index contributed by atoms with van der Waals surface area (Å²) in [6.45, 7) is 2.18. The summed E-state index contributed by atoms with van der Waals surface area (Å²) in [6, 6.07) is 14.0. The van der Waals surface area contributed by atoms with E-state index in [1.807, 2.05) is 49.4 Å². The summed E-state index contributed by atoms with van der Waals surface area (Å²) in [6.07, 6.45) is 2.34. The zero-order valence-corrected chi connectivity index (χ0v) is 17.4. The van der Waals surface area contributed by atoms with Crippen molar-refractivity contribution in [1.82, 2.24) is 15.3 Å². The zero-order chi connectivity index (χ0) is 20.5. The molecule has 1 atom stereocenters. The lowest BCUT2D eigenvalue weighted by molar-refractivity contribution is -0.119. The van der Waals surface area contributed by atoms with E-state index in [0.717, 1.165) is 28.0 Å². The van der Waals surface area contributed by atoms with Crippen LogP contribution in [0.5, 0.6) is 11.5 Å². The predicted octanol–water partition coefficient (Wildman–Crippen LogP) is 3.90. The third-order valence-corrected chi connectivity index (χ3v) is 5.95. The Bertz CT molecular complexity index is 1100. The lowest BCUT2D eigenvalue weighted by Gasteiger charge is -2.15. The van der Waals surface area contributed by atoms with E-state index < -0.39 is 0 Å². The van der Waals surface area contributed by atoms with Gasteiger partial charge in [0.15, 0.2) is 16.7 Å². The van der Waals surface area contributed by atoms with Crippen LogP contribution in [0.15, 0.2) is 47.6 Å². The largest absolute Gasteiger partial charge is 0.454 e. The third kappa shape index (κ3) is 4.14. The smallest absolute Gasteiger partial charge is 0.231 e. The topological polar surface area (TPSA) is 85.4 Å². The fourth-order valence-corrected chi connectivity index (χ4v) is 3.99. The van der Waals surface area contributed by atoms with E-state index in [4.69, 9.17) is 9.47 Å². The van der Waals surface area contributed by atoms with Crippen LogP contribution >= 0.6 is 11.8 Å². The van der Waals surface area contributed by atoms with E-state index >= 15 is 0 Å². The van der Waals surface area contributed by atoms with Gasteiger partial charge in [-0.25, -0.2) is 9.97 Å². The summed E-state index contributed by atoms with van der Waals surface area (Å²) in [5.41, 5.74) is 1.85. The highest BCUT2D eigenvalue weighted by Gasteiger charge is 2.23. The molecular weight excluding hydrogens is 400 g/mol. The Labute approximate surface area is 178 Å². The minimum Gasteiger partial charge on any atom is -0.454 e. The minimum absolute atomic E-state index is 0.0707. The van der Waals surface area contributed by atoms with Gasteiger partial charge in [-0.05, 0) is 49.6 Å². The quantitative estimate of drug-likeness (QED) is 0.441. The highest BCUT2D eigenvalue weighted by molar-refractivity contribution is 7.99. The van der Waals surface area contributed by atoms with Gasteiger partial charge in [-0.1, -0.05) is 30.0 Å². The first kappa shape index (κ1) is 19.0. The first-order valence-electron chi connectivity index (χ1n) is 10.0. The van der Waals surface area contributed by atoms with Crippen molar-refractivity contribution in [3.63, 3.8) is 0 Å². The van der Waals surface area contributed by atoms with E-state index in [1.54, 1.807) is 0 Å². The van der Waals surface area contributed by atoms with Crippen LogP contribution in [-0.4, -0.2) is 34.5 Å². The number of carbonyl (C=O) groups is 1. The molecule has 1 aromatic heterocycles. The van der Waals surface area contributed by atoms with E-state index in [-0.39, 0.29) is 24.5 Å². The molecule has 2 aliphatic rings. The standard InChI is InChI=1S/C22H22N4O3S/c1-13(14-6-9-18-19(10-14)29-12-28-18)23-20(27)11-30-22-25-17-5-3-2-4-16(17)21(26-22)24-15-7-8-15/h2-6,9-10,13,15H,7-8,11-12H2,1H3,(H,23,27)(H,24,25,26)/t13-/m1/s1. The molecule has 0 unspecified atom stereocenters. The van der Waals surface area contributed by atoms with Gasteiger partial charge in [-0.3, -0.25) is 4.79 Å². The van der Waals surface area contributed by atoms with E-state index in [0.29, 0.717) is 16.9 Å². The van der Waals surface area contributed by atoms with Gasteiger partial charge in [-0.2, -0.15) is 0 Å². The maximum atomic E-state index is 12.5. The molecule has 3 aromatic rings. The van der Waals surface area contributed by atoms with Crippen molar-refractivity contribution in [2.75, 3.05) is 17.9 Å². The molecule has 5 rings (SSSR count). The summed E-state index contributed by atoms with van der Waals surface area (Å²) in [5.74, 6) is 2.47. The molecule has 0 bridgehead atoms. The summed E-state index contributed by atoms with van der Waals surface area (Å²) >= 11 is 1.34. The molecule has 2 aromatic carbocycles. The van der Waals surface area contributed by atoms with Crippen LogP contribution < -0.4 is 20.1 Å². The first-order chi connectivity index (χ1) is 14.7. The normalized spacial score (nSPS) is 15.8. The molecule has 1 amide bonds. The summed E-state index contributed by atoms with van der Waals surface area (Å²) in [7, 11) is 0. The van der Waals surface area contributed by atoms with E-state index in [1.165, 1.54) is 24.6 Å². The van der Waals surface area contributed by atoms with Gasteiger partial charge in [0.2, 0.25) is 12.7 Å². The van der Waals surface area contributed by atoms with E-state index in [9.17, 15) is 4.79 Å². The molecule has 1 aliphatic carbocycles. The number of nitrogens with zero attached hydrogens (tertiary/aromatic N) is 2. The molecule has 2 heterocycles. The minimum atomic E-state index is -0.141. The Hall–Kier alpha value is -3.00. The number of anilines is 1. The van der Waals surface area contributed by atoms with Crippen molar-refractivity contribution in [1.29, 1.82) is 0 Å². The Morgan fingerprint density at radius 2 is 2.00 bits per heavy atom. The predicted molar refractivity (Wildman–Crippen MR) is 116 cm³/mol. The maximum Gasteiger partial charge on any atom is 0.231 e. The number of hydrogen-bond donors (Lipinski definition) is 2. The SMILES string of the molecule is C[C@@H](NC(=O)CSc1nc(NC2CC2)c2ccccc2n1)c1ccc2c(c1)OCO2. The lowest BCUT2D eigenvalue weighted by Crippen LogP contribution is -2.28. The van der Waals surface area contributed by atoms with Crippen molar-refractivity contribution < 1.29 is 14.3 Å². The van der Waals surface area contributed by atoms with Crippen molar-refractivity contribution in [3.05, 3.63) is 48.0 Å². The van der Waals surface area contributed by atoms with Crippen molar-refractivity contribution >= 4 is 34.4 Å². The maximum absolute atomic E-state index is 12.5. The van der Waals surface area contributed by atoms with Gasteiger partial charge in [0, 0.05) is 11.4 Å². The molecule has 30 heavy (non-hydrogen) atoms. The number of para-hydroxylation sites is 1. The second kappa shape index (κ2) is 8.02. The van der Waals surface area contributed by atoms with Crippen molar-refractivity contribution in [3.8, 4) is 11.5 Å². The van der Waals surface area contributed by atoms with Gasteiger partial charge in [-0.15, -0.1) is 0 Å². The summed E-state index contributed by atoms with van der Waals surface area (Å²) in [4.78, 5) is 21.8. The summed E-state index contributed by atoms with van der Waals surface area (Å²) < 4.78 is 10.8. The number of benzene rings is 2. The highest BCUT2D eigenvalue weighted by atomic mass is 32.2. The van der Waals surface area contributed by atoms with Gasteiger partial charge < -0.3 is 20.1 Å². The number of rotatable bonds is 7. The van der Waals surface area contributed by atoms with Gasteiger partial charge in [0.1, 0.15) is 5.82 Å². The number of thioether (sulfide) groups is 1. The van der Waals surface area contributed by atoms with Crippen LogP contribution in [0.3, 0.4) is 0 Å². The van der Waals surface area contributed by atoms with Crippen LogP contribution in [0.25, 0.3) is 10.9 Å². The fraction of sp³-hybridized carbons (Fsp3) is 0.318. The number of hydrogen-bond acceptors (Lipinski definition) is 7. The molecule has 0 radical (unpaired) electrons. The van der Waals surface area contributed by atoms with Gasteiger partial charge in [0.05, 0.1) is 17.3 Å². The van der Waals surface area contributed by atoms with Crippen molar-refractivity contribution in [2.24, 2.45) is 0 Å². The number of ether oxygens (including phenoxy) is 2. The summed E-state index contributed by atoms with van der Waals surface area (Å²) in [5, 5.41) is 8.11. The molecule has 0 spiro atoms. The number of aromatic nitrogens is 2. The Morgan fingerprint density at radius 1 is 1.17 bits per heavy atom. The van der Waals surface area contributed by atoms with Crippen LogP contribution in [0.4, 0.5) is 5.82 Å². The van der Waals surface area contributed by atoms with E-state index in [2.05, 4.69) is 20.6 Å². The molecule has 1 fully saturated rings. The number of fused-ring (bicyclic) bond motifs is 2. The Morgan fingerprint density at radius 3 is 2.87 bits per heavy atom. The second-order valence-corrected chi connectivity index (χ2v) is 8.42. The lowest BCUT2D eigenvalue weighted by atomic mass is 10.1. The van der Waals surface area contributed by atoms with Crippen LogP contribution in [0, 0.1) is 0 Å². The van der Waals surface area contributed by atoms with Crippen LogP contribution in [0.2, 0.25) is 0 Å². The van der Waals surface area contributed by atoms with Crippen LogP contribution in [-0.2, 0) is 4.79 Å². The number of nitrogens with one attached hydrogen (secondary N) is 2. The van der Waals surface area contributed by atoms with Crippen molar-refractivity contribution in [2.45, 2.75) is 37.0 Å². The zero-order valence-electron chi connectivity index (χ0n) is 16.6. The molecule has 2 N–H and O–H groups in total. The number of carbonyl (C=O) groups excluding carboxylic acids is 1. The molecular formula is C22H22N4O3S. The van der Waals surface area contributed by atoms with Gasteiger partial charge in [0.25, 0.3) is 0 Å². The molecule has 7 nitrogen and oxygen atoms in total. The van der Waals surface area contributed by atoms with Gasteiger partial charge >= 0.3 is 0 Å². The fourth-order valence-electron chi connectivity index (χ4n) is 3.33. The monoisotopic (exact) mass is 422 g/mol. The Balaban J connectivity index is 1.24. The molecule has 154 valence electrons. The first-order valence-corrected chi connectivity index (χ1v) is 11.0. The number of amides is 1. The average Bonchev–Trinajstić information content (AvgIpc) is 3.44. The van der Waals surface area contributed by atoms with Crippen LogP contribution in [0.1, 0.15) is 31.4 Å². The second-order valence-electron chi connectivity index (χ2n) is 7.48. The molecule has 1 saturated carbocycles. The Kier molecular flexibility index (Phi) is 5.08. The molecule has 1 aliphatic heterocycles. The molecule has 0 saturated heterocycles. The average molecular weight is 423 g/mol. The molecule has 8 heteroatoms.